The van der Waals surface area contributed by atoms with E-state index in [0.717, 1.165) is 12.5 Å². The molecule has 0 atom stereocenters. The molecule has 0 saturated heterocycles. The van der Waals surface area contributed by atoms with Gasteiger partial charge in [-0.3, -0.25) is 0 Å². The Morgan fingerprint density at radius 2 is 2.10 bits per heavy atom. The molecule has 1 saturated carbocycles. The quantitative estimate of drug-likeness (QED) is 0.741. The van der Waals surface area contributed by atoms with E-state index in [0.29, 0.717) is 5.41 Å². The Morgan fingerprint density at radius 3 is 2.71 bits per heavy atom. The van der Waals surface area contributed by atoms with Crippen LogP contribution in [0.1, 0.15) is 44.4 Å². The molecule has 120 valence electrons. The number of hydrogen-bond donors (Lipinski definition) is 1. The summed E-state index contributed by atoms with van der Waals surface area (Å²) in [6, 6.07) is 4.42. The number of nitrogens with zero attached hydrogens (tertiary/aromatic N) is 1. The van der Waals surface area contributed by atoms with Crippen molar-refractivity contribution in [1.82, 2.24) is 10.2 Å². The Kier molecular flexibility index (Phi) is 6.72. The molecule has 0 radical (unpaired) electrons. The van der Waals surface area contributed by atoms with Gasteiger partial charge in [-0.25, -0.2) is 0 Å². The molecular weight excluding hydrogens is 276 g/mol. The van der Waals surface area contributed by atoms with E-state index < -0.39 is 0 Å². The molecule has 3 heteroatoms. The van der Waals surface area contributed by atoms with Crippen LogP contribution in [-0.4, -0.2) is 38.1 Å². The molecule has 0 amide bonds. The number of thiophene rings is 1. The van der Waals surface area contributed by atoms with Crippen LogP contribution in [0.2, 0.25) is 0 Å². The first-order valence-electron chi connectivity index (χ1n) is 8.51. The summed E-state index contributed by atoms with van der Waals surface area (Å²) >= 11 is 1.88. The standard InChI is InChI=1S/C18H32N2S/c1-16(2)13-19-14-18(9-4-5-10-18)15-20(3)11-8-17-7-6-12-21-17/h6-7,12,16,19H,4-5,8-11,13-15H2,1-3H3. The lowest BCUT2D eigenvalue weighted by atomic mass is 9.85. The van der Waals surface area contributed by atoms with Crippen molar-refractivity contribution in [3.63, 3.8) is 0 Å². The first-order valence-corrected chi connectivity index (χ1v) is 9.39. The average Bonchev–Trinajstić information content (AvgIpc) is 3.08. The first-order chi connectivity index (χ1) is 10.1. The zero-order valence-electron chi connectivity index (χ0n) is 14.0. The van der Waals surface area contributed by atoms with Crippen LogP contribution in [0, 0.1) is 11.3 Å². The molecule has 1 aromatic rings. The second kappa shape index (κ2) is 8.30. The zero-order valence-corrected chi connectivity index (χ0v) is 14.8. The summed E-state index contributed by atoms with van der Waals surface area (Å²) in [6.07, 6.45) is 6.84. The van der Waals surface area contributed by atoms with E-state index in [2.05, 4.69) is 48.6 Å². The van der Waals surface area contributed by atoms with E-state index in [9.17, 15) is 0 Å². The Hall–Kier alpha value is -0.380. The summed E-state index contributed by atoms with van der Waals surface area (Å²) in [4.78, 5) is 4.07. The van der Waals surface area contributed by atoms with Crippen LogP contribution in [0.25, 0.3) is 0 Å². The third-order valence-corrected chi connectivity index (χ3v) is 5.58. The van der Waals surface area contributed by atoms with E-state index in [1.807, 2.05) is 11.3 Å². The molecule has 1 aromatic heterocycles. The highest BCUT2D eigenvalue weighted by molar-refractivity contribution is 7.09. The Labute approximate surface area is 134 Å². The number of rotatable bonds is 9. The van der Waals surface area contributed by atoms with Gasteiger partial charge in [0.05, 0.1) is 0 Å². The lowest BCUT2D eigenvalue weighted by molar-refractivity contribution is 0.172. The highest BCUT2D eigenvalue weighted by Gasteiger charge is 2.34. The fourth-order valence-electron chi connectivity index (χ4n) is 3.55. The van der Waals surface area contributed by atoms with Crippen molar-refractivity contribution in [3.05, 3.63) is 22.4 Å². The predicted octanol–water partition coefficient (Wildman–Crippen LogP) is 4.03. The number of nitrogens with one attached hydrogen (secondary N) is 1. The molecule has 1 fully saturated rings. The van der Waals surface area contributed by atoms with Gasteiger partial charge in [0.2, 0.25) is 0 Å². The van der Waals surface area contributed by atoms with Gasteiger partial charge in [0.1, 0.15) is 0 Å². The highest BCUT2D eigenvalue weighted by atomic mass is 32.1. The molecule has 0 aromatic carbocycles. The van der Waals surface area contributed by atoms with Crippen molar-refractivity contribution in [1.29, 1.82) is 0 Å². The molecule has 0 spiro atoms. The van der Waals surface area contributed by atoms with Gasteiger partial charge in [0.15, 0.2) is 0 Å². The van der Waals surface area contributed by atoms with E-state index in [4.69, 9.17) is 0 Å². The third kappa shape index (κ3) is 5.72. The third-order valence-electron chi connectivity index (χ3n) is 4.64. The fourth-order valence-corrected chi connectivity index (χ4v) is 4.25. The molecule has 1 aliphatic carbocycles. The van der Waals surface area contributed by atoms with Gasteiger partial charge in [0.25, 0.3) is 0 Å². The van der Waals surface area contributed by atoms with Crippen molar-refractivity contribution < 1.29 is 0 Å². The predicted molar refractivity (Wildman–Crippen MR) is 94.1 cm³/mol. The van der Waals surface area contributed by atoms with Gasteiger partial charge in [-0.15, -0.1) is 11.3 Å². The van der Waals surface area contributed by atoms with Gasteiger partial charge >= 0.3 is 0 Å². The van der Waals surface area contributed by atoms with Gasteiger partial charge in [0, 0.05) is 24.5 Å². The van der Waals surface area contributed by atoms with E-state index in [1.165, 1.54) is 56.6 Å². The van der Waals surface area contributed by atoms with Crippen molar-refractivity contribution >= 4 is 11.3 Å². The number of hydrogen-bond acceptors (Lipinski definition) is 3. The van der Waals surface area contributed by atoms with Crippen LogP contribution in [0.3, 0.4) is 0 Å². The maximum atomic E-state index is 3.72. The minimum absolute atomic E-state index is 0.527. The zero-order chi connectivity index (χ0) is 15.1. The van der Waals surface area contributed by atoms with Gasteiger partial charge < -0.3 is 10.2 Å². The van der Waals surface area contributed by atoms with Crippen LogP contribution in [0.15, 0.2) is 17.5 Å². The van der Waals surface area contributed by atoms with Crippen molar-refractivity contribution in [2.24, 2.45) is 11.3 Å². The van der Waals surface area contributed by atoms with Crippen molar-refractivity contribution in [2.75, 3.05) is 33.2 Å². The highest BCUT2D eigenvalue weighted by Crippen LogP contribution is 2.38. The molecule has 1 aliphatic rings. The molecule has 0 unspecified atom stereocenters. The maximum absolute atomic E-state index is 3.72. The largest absolute Gasteiger partial charge is 0.316 e. The van der Waals surface area contributed by atoms with Gasteiger partial charge in [-0.1, -0.05) is 32.8 Å². The summed E-state index contributed by atoms with van der Waals surface area (Å²) in [5.41, 5.74) is 0.527. The normalized spacial score (nSPS) is 18.0. The lowest BCUT2D eigenvalue weighted by Gasteiger charge is -2.34. The summed E-state index contributed by atoms with van der Waals surface area (Å²) in [6.45, 7) is 9.38. The molecule has 2 rings (SSSR count). The Morgan fingerprint density at radius 1 is 1.33 bits per heavy atom. The van der Waals surface area contributed by atoms with E-state index in [-0.39, 0.29) is 0 Å². The lowest BCUT2D eigenvalue weighted by Crippen LogP contribution is -2.42. The first kappa shape index (κ1) is 17.0. The van der Waals surface area contributed by atoms with Crippen LogP contribution in [0.4, 0.5) is 0 Å². The Bertz CT molecular complexity index is 380. The van der Waals surface area contributed by atoms with Crippen LogP contribution in [0.5, 0.6) is 0 Å². The topological polar surface area (TPSA) is 15.3 Å². The summed E-state index contributed by atoms with van der Waals surface area (Å²) < 4.78 is 0. The van der Waals surface area contributed by atoms with Crippen molar-refractivity contribution in [2.45, 2.75) is 46.0 Å². The smallest absolute Gasteiger partial charge is 0.00579 e. The minimum atomic E-state index is 0.527. The maximum Gasteiger partial charge on any atom is 0.00579 e. The molecule has 0 aliphatic heterocycles. The second-order valence-electron chi connectivity index (χ2n) is 7.30. The minimum Gasteiger partial charge on any atom is -0.316 e. The summed E-state index contributed by atoms with van der Waals surface area (Å²) in [5.74, 6) is 0.750. The molecule has 1 heterocycles. The van der Waals surface area contributed by atoms with Crippen LogP contribution < -0.4 is 5.32 Å². The van der Waals surface area contributed by atoms with Crippen LogP contribution in [-0.2, 0) is 6.42 Å². The molecule has 1 N–H and O–H groups in total. The van der Waals surface area contributed by atoms with E-state index >= 15 is 0 Å². The van der Waals surface area contributed by atoms with E-state index in [1.54, 1.807) is 0 Å². The Balaban J connectivity index is 1.78. The fraction of sp³-hybridized carbons (Fsp3) is 0.778. The molecule has 2 nitrogen and oxygen atoms in total. The monoisotopic (exact) mass is 308 g/mol. The van der Waals surface area contributed by atoms with Gasteiger partial charge in [-0.2, -0.15) is 0 Å². The summed E-state index contributed by atoms with van der Waals surface area (Å²) in [7, 11) is 2.30. The summed E-state index contributed by atoms with van der Waals surface area (Å²) in [5, 5.41) is 5.90. The second-order valence-corrected chi connectivity index (χ2v) is 8.33. The SMILES string of the molecule is CC(C)CNCC1(CN(C)CCc2cccs2)CCCC1. The van der Waals surface area contributed by atoms with Gasteiger partial charge in [-0.05, 0) is 55.6 Å². The van der Waals surface area contributed by atoms with Crippen molar-refractivity contribution in [3.8, 4) is 0 Å². The van der Waals surface area contributed by atoms with Crippen LogP contribution >= 0.6 is 11.3 Å². The molecule has 0 bridgehead atoms. The molecular formula is C18H32N2S. The molecule has 21 heavy (non-hydrogen) atoms. The average molecular weight is 309 g/mol. The number of likely N-dealkylation sites (N-methyl/N-ethyl adjacent to an activating group) is 1.